The number of hydrogen-bond donors (Lipinski definition) is 2. The highest BCUT2D eigenvalue weighted by atomic mass is 35.5. The van der Waals surface area contributed by atoms with Gasteiger partial charge in [-0.3, -0.25) is 4.79 Å². The Balaban J connectivity index is 2.28. The van der Waals surface area contributed by atoms with Gasteiger partial charge in [-0.2, -0.15) is 0 Å². The van der Waals surface area contributed by atoms with E-state index in [-0.39, 0.29) is 5.91 Å². The molecule has 3 N–H and O–H groups in total. The Labute approximate surface area is 114 Å². The molecule has 18 heavy (non-hydrogen) atoms. The largest absolute Gasteiger partial charge is 0.322 e. The van der Waals surface area contributed by atoms with Crippen molar-refractivity contribution in [3.8, 4) is 0 Å². The van der Waals surface area contributed by atoms with Gasteiger partial charge in [-0.1, -0.05) is 24.9 Å². The summed E-state index contributed by atoms with van der Waals surface area (Å²) < 4.78 is 0.985. The number of nitrogens with one attached hydrogen (secondary N) is 1. The molecule has 2 aromatic rings. The number of nitrogens with two attached hydrogens (primary N) is 1. The first-order valence-corrected chi connectivity index (χ1v) is 6.97. The molecule has 0 aliphatic carbocycles. The summed E-state index contributed by atoms with van der Waals surface area (Å²) in [5.41, 5.74) is 8.76. The van der Waals surface area contributed by atoms with Crippen LogP contribution < -0.4 is 11.1 Å². The molecule has 0 aliphatic rings. The lowest BCUT2D eigenvalue weighted by atomic mass is 10.1. The molecule has 0 bridgehead atoms. The van der Waals surface area contributed by atoms with Gasteiger partial charge in [0.1, 0.15) is 5.52 Å². The Hall–Kier alpha value is -1.17. The van der Waals surface area contributed by atoms with E-state index >= 15 is 0 Å². The van der Waals surface area contributed by atoms with Crippen LogP contribution in [0.15, 0.2) is 17.6 Å². The second-order valence-electron chi connectivity index (χ2n) is 4.01. The van der Waals surface area contributed by atoms with Crippen LogP contribution in [0.4, 0.5) is 5.69 Å². The van der Waals surface area contributed by atoms with Gasteiger partial charge in [-0.25, -0.2) is 4.98 Å². The van der Waals surface area contributed by atoms with Crippen LogP contribution >= 0.6 is 22.9 Å². The van der Waals surface area contributed by atoms with Gasteiger partial charge in [-0.15, -0.1) is 11.3 Å². The highest BCUT2D eigenvalue weighted by Gasteiger charge is 2.16. The average molecular weight is 284 g/mol. The lowest BCUT2D eigenvalue weighted by Gasteiger charge is -2.12. The smallest absolute Gasteiger partial charge is 0.241 e. The van der Waals surface area contributed by atoms with Crippen LogP contribution in [0.5, 0.6) is 0 Å². The normalized spacial score (nSPS) is 12.6. The third kappa shape index (κ3) is 2.63. The van der Waals surface area contributed by atoms with Gasteiger partial charge in [0.2, 0.25) is 5.91 Å². The van der Waals surface area contributed by atoms with E-state index in [1.165, 1.54) is 11.3 Å². The molecule has 4 nitrogen and oxygen atoms in total. The molecule has 0 saturated carbocycles. The quantitative estimate of drug-likeness (QED) is 0.906. The molecule has 0 fully saturated rings. The summed E-state index contributed by atoms with van der Waals surface area (Å²) in [6.07, 6.45) is 1.51. The summed E-state index contributed by atoms with van der Waals surface area (Å²) in [7, 11) is 0. The summed E-state index contributed by atoms with van der Waals surface area (Å²) in [6, 6.07) is 3.12. The fourth-order valence-electron chi connectivity index (χ4n) is 1.68. The van der Waals surface area contributed by atoms with Gasteiger partial charge in [0.05, 0.1) is 27.0 Å². The SMILES string of the molecule is CCCC(N)C(=O)Nc1c(Cl)ccc2scnc12. The van der Waals surface area contributed by atoms with Crippen molar-refractivity contribution in [1.82, 2.24) is 4.98 Å². The molecular weight excluding hydrogens is 270 g/mol. The highest BCUT2D eigenvalue weighted by molar-refractivity contribution is 7.16. The van der Waals surface area contributed by atoms with Crippen molar-refractivity contribution < 1.29 is 4.79 Å². The van der Waals surface area contributed by atoms with E-state index in [9.17, 15) is 4.79 Å². The summed E-state index contributed by atoms with van der Waals surface area (Å²) in [5.74, 6) is -0.223. The van der Waals surface area contributed by atoms with Crippen molar-refractivity contribution in [2.45, 2.75) is 25.8 Å². The number of benzene rings is 1. The zero-order valence-electron chi connectivity index (χ0n) is 9.94. The molecule has 6 heteroatoms. The van der Waals surface area contributed by atoms with Crippen molar-refractivity contribution in [2.24, 2.45) is 5.73 Å². The van der Waals surface area contributed by atoms with Crippen LogP contribution in [-0.4, -0.2) is 16.9 Å². The molecule has 1 heterocycles. The summed E-state index contributed by atoms with van der Waals surface area (Å²) >= 11 is 7.60. The molecule has 1 amide bonds. The number of hydrogen-bond acceptors (Lipinski definition) is 4. The van der Waals surface area contributed by atoms with Crippen molar-refractivity contribution in [3.63, 3.8) is 0 Å². The number of aromatic nitrogens is 1. The molecule has 2 rings (SSSR count). The minimum absolute atomic E-state index is 0.223. The van der Waals surface area contributed by atoms with Crippen LogP contribution in [0.3, 0.4) is 0 Å². The van der Waals surface area contributed by atoms with E-state index in [2.05, 4.69) is 10.3 Å². The van der Waals surface area contributed by atoms with Crippen molar-refractivity contribution in [3.05, 3.63) is 22.7 Å². The maximum atomic E-state index is 11.9. The second kappa shape index (κ2) is 5.65. The number of amides is 1. The average Bonchev–Trinajstić information content (AvgIpc) is 2.81. The third-order valence-electron chi connectivity index (χ3n) is 2.64. The standard InChI is InChI=1S/C12H14ClN3OS/c1-2-3-8(14)12(17)16-10-7(13)4-5-9-11(10)15-6-18-9/h4-6,8H,2-3,14H2,1H3,(H,16,17). The second-order valence-corrected chi connectivity index (χ2v) is 5.30. The Bertz CT molecular complexity index is 569. The molecule has 1 aromatic heterocycles. The third-order valence-corrected chi connectivity index (χ3v) is 3.75. The molecule has 0 spiro atoms. The van der Waals surface area contributed by atoms with Crippen molar-refractivity contribution in [1.29, 1.82) is 0 Å². The number of thiazole rings is 1. The zero-order valence-corrected chi connectivity index (χ0v) is 11.5. The van der Waals surface area contributed by atoms with Gasteiger partial charge < -0.3 is 11.1 Å². The summed E-state index contributed by atoms with van der Waals surface area (Å²) in [4.78, 5) is 16.1. The van der Waals surface area contributed by atoms with Crippen LogP contribution in [0, 0.1) is 0 Å². The lowest BCUT2D eigenvalue weighted by molar-refractivity contribution is -0.117. The minimum Gasteiger partial charge on any atom is -0.322 e. The Kier molecular flexibility index (Phi) is 4.16. The van der Waals surface area contributed by atoms with Crippen molar-refractivity contribution in [2.75, 3.05) is 5.32 Å². The number of carbonyl (C=O) groups is 1. The van der Waals surface area contributed by atoms with E-state index < -0.39 is 6.04 Å². The van der Waals surface area contributed by atoms with E-state index in [4.69, 9.17) is 17.3 Å². The first-order valence-electron chi connectivity index (χ1n) is 5.71. The van der Waals surface area contributed by atoms with Gasteiger partial charge in [0, 0.05) is 0 Å². The van der Waals surface area contributed by atoms with Crippen molar-refractivity contribution >= 4 is 44.7 Å². The molecule has 1 unspecified atom stereocenters. The molecule has 0 radical (unpaired) electrons. The van der Waals surface area contributed by atoms with Gasteiger partial charge >= 0.3 is 0 Å². The fraction of sp³-hybridized carbons (Fsp3) is 0.333. The van der Waals surface area contributed by atoms with E-state index in [0.29, 0.717) is 22.6 Å². The van der Waals surface area contributed by atoms with Gasteiger partial charge in [0.25, 0.3) is 0 Å². The first kappa shape index (κ1) is 13.3. The topological polar surface area (TPSA) is 68.0 Å². The maximum Gasteiger partial charge on any atom is 0.241 e. The fourth-order valence-corrected chi connectivity index (χ4v) is 2.57. The first-order chi connectivity index (χ1) is 8.63. The molecule has 1 atom stereocenters. The Morgan fingerprint density at radius 3 is 3.11 bits per heavy atom. The zero-order chi connectivity index (χ0) is 13.1. The Morgan fingerprint density at radius 2 is 2.39 bits per heavy atom. The molecule has 96 valence electrons. The van der Waals surface area contributed by atoms with Crippen LogP contribution in [-0.2, 0) is 4.79 Å². The number of carbonyl (C=O) groups excluding carboxylic acids is 1. The van der Waals surface area contributed by atoms with Crippen LogP contribution in [0.25, 0.3) is 10.2 Å². The number of halogens is 1. The molecular formula is C12H14ClN3OS. The van der Waals surface area contributed by atoms with E-state index in [1.807, 2.05) is 13.0 Å². The number of nitrogens with zero attached hydrogens (tertiary/aromatic N) is 1. The maximum absolute atomic E-state index is 11.9. The predicted octanol–water partition coefficient (Wildman–Crippen LogP) is 3.02. The summed E-state index contributed by atoms with van der Waals surface area (Å²) in [6.45, 7) is 1.99. The van der Waals surface area contributed by atoms with Crippen LogP contribution in [0.2, 0.25) is 5.02 Å². The van der Waals surface area contributed by atoms with Gasteiger partial charge in [0.15, 0.2) is 0 Å². The van der Waals surface area contributed by atoms with Crippen LogP contribution in [0.1, 0.15) is 19.8 Å². The predicted molar refractivity (Wildman–Crippen MR) is 76.1 cm³/mol. The summed E-state index contributed by atoms with van der Waals surface area (Å²) in [5, 5.41) is 3.25. The molecule has 0 saturated heterocycles. The highest BCUT2D eigenvalue weighted by Crippen LogP contribution is 2.32. The Morgan fingerprint density at radius 1 is 1.61 bits per heavy atom. The van der Waals surface area contributed by atoms with Gasteiger partial charge in [-0.05, 0) is 18.6 Å². The molecule has 1 aromatic carbocycles. The lowest BCUT2D eigenvalue weighted by Crippen LogP contribution is -2.35. The van der Waals surface area contributed by atoms with E-state index in [0.717, 1.165) is 11.1 Å². The van der Waals surface area contributed by atoms with E-state index in [1.54, 1.807) is 11.6 Å². The number of anilines is 1. The number of fused-ring (bicyclic) bond motifs is 1. The number of rotatable bonds is 4. The monoisotopic (exact) mass is 283 g/mol. The molecule has 0 aliphatic heterocycles. The minimum atomic E-state index is -0.514.